The van der Waals surface area contributed by atoms with Gasteiger partial charge in [-0.05, 0) is 0 Å². The van der Waals surface area contributed by atoms with Crippen LogP contribution < -0.4 is 0 Å². The Morgan fingerprint density at radius 1 is 0.783 bits per heavy atom. The smallest absolute Gasteiger partial charge is 0.224 e. The summed E-state index contributed by atoms with van der Waals surface area (Å²) in [6.45, 7) is -2.32. The quantitative estimate of drug-likeness (QED) is 0.238. The maximum absolute atomic E-state index is 10.00. The van der Waals surface area contributed by atoms with Gasteiger partial charge < -0.3 is 55.1 Å². The molecular formula is C12H22O11. The van der Waals surface area contributed by atoms with Gasteiger partial charge in [-0.15, -0.1) is 0 Å². The molecule has 4 unspecified atom stereocenters. The minimum Gasteiger partial charge on any atom is -0.394 e. The van der Waals surface area contributed by atoms with Gasteiger partial charge in [-0.25, -0.2) is 0 Å². The standard InChI is InChI=1S/C12H22O11/c13-1-4-6(16)8(18)9(19)11(21-4)23-12(3-15)10(20)7(17)5(2-14)22-12/h4-11,13-20H,1-3H2/t4?,5-,6+,7?,8?,9?,10+,11+,12-/m0/s1. The van der Waals surface area contributed by atoms with Crippen LogP contribution in [0.1, 0.15) is 0 Å². The van der Waals surface area contributed by atoms with E-state index in [0.717, 1.165) is 0 Å². The van der Waals surface area contributed by atoms with Crippen LogP contribution in [-0.4, -0.2) is 115 Å². The van der Waals surface area contributed by atoms with Crippen LogP contribution in [0.15, 0.2) is 0 Å². The summed E-state index contributed by atoms with van der Waals surface area (Å²) in [5.41, 5.74) is 0. The summed E-state index contributed by atoms with van der Waals surface area (Å²) in [5.74, 6) is -2.22. The van der Waals surface area contributed by atoms with Gasteiger partial charge in [0.2, 0.25) is 5.79 Å². The fraction of sp³-hybridized carbons (Fsp3) is 1.00. The second-order valence-electron chi connectivity index (χ2n) is 5.56. The first-order chi connectivity index (χ1) is 10.8. The summed E-state index contributed by atoms with van der Waals surface area (Å²) in [6.07, 6.45) is -12.7. The predicted octanol–water partition coefficient (Wildman–Crippen LogP) is -5.40. The molecular weight excluding hydrogens is 320 g/mol. The van der Waals surface area contributed by atoms with Gasteiger partial charge in [0.05, 0.1) is 13.2 Å². The lowest BCUT2D eigenvalue weighted by Gasteiger charge is -2.43. The van der Waals surface area contributed by atoms with E-state index in [-0.39, 0.29) is 0 Å². The van der Waals surface area contributed by atoms with E-state index < -0.39 is 74.6 Å². The molecule has 8 N–H and O–H groups in total. The largest absolute Gasteiger partial charge is 0.394 e. The van der Waals surface area contributed by atoms with E-state index in [1.165, 1.54) is 0 Å². The Labute approximate surface area is 130 Å². The topological polar surface area (TPSA) is 190 Å². The van der Waals surface area contributed by atoms with Crippen LogP contribution in [0.25, 0.3) is 0 Å². The highest BCUT2D eigenvalue weighted by Crippen LogP contribution is 2.35. The van der Waals surface area contributed by atoms with Crippen LogP contribution >= 0.6 is 0 Å². The molecule has 0 amide bonds. The molecule has 2 saturated heterocycles. The molecule has 0 radical (unpaired) electrons. The monoisotopic (exact) mass is 342 g/mol. The SMILES string of the molecule is OCC1O[C@H](O[C@]2(CO)O[C@@H](CO)C(O)[C@H]2O)C(O)C(O)[C@@H]1O. The van der Waals surface area contributed by atoms with Crippen molar-refractivity contribution < 1.29 is 55.1 Å². The zero-order chi connectivity index (χ0) is 17.4. The Morgan fingerprint density at radius 3 is 1.87 bits per heavy atom. The first-order valence-corrected chi connectivity index (χ1v) is 7.05. The van der Waals surface area contributed by atoms with Crippen molar-refractivity contribution in [3.8, 4) is 0 Å². The number of rotatable bonds is 5. The van der Waals surface area contributed by atoms with Crippen LogP contribution in [0.2, 0.25) is 0 Å². The fourth-order valence-electron chi connectivity index (χ4n) is 2.63. The van der Waals surface area contributed by atoms with Gasteiger partial charge in [-0.3, -0.25) is 0 Å². The van der Waals surface area contributed by atoms with Crippen LogP contribution in [-0.2, 0) is 14.2 Å². The van der Waals surface area contributed by atoms with E-state index >= 15 is 0 Å². The third kappa shape index (κ3) is 3.23. The van der Waals surface area contributed by atoms with E-state index in [2.05, 4.69) is 0 Å². The number of aliphatic hydroxyl groups excluding tert-OH is 8. The summed E-state index contributed by atoms with van der Waals surface area (Å²) < 4.78 is 15.4. The summed E-state index contributed by atoms with van der Waals surface area (Å²) in [4.78, 5) is 0. The van der Waals surface area contributed by atoms with Gasteiger partial charge in [0.25, 0.3) is 0 Å². The van der Waals surface area contributed by atoms with Crippen LogP contribution in [0.5, 0.6) is 0 Å². The molecule has 2 aliphatic heterocycles. The Bertz CT molecular complexity index is 393. The normalized spacial score (nSPS) is 51.1. The summed E-state index contributed by atoms with van der Waals surface area (Å²) >= 11 is 0. The molecule has 0 aromatic heterocycles. The van der Waals surface area contributed by atoms with E-state index in [1.54, 1.807) is 0 Å². The zero-order valence-electron chi connectivity index (χ0n) is 12.0. The summed E-state index contributed by atoms with van der Waals surface area (Å²) in [6, 6.07) is 0. The van der Waals surface area contributed by atoms with Crippen LogP contribution in [0.3, 0.4) is 0 Å². The molecule has 136 valence electrons. The van der Waals surface area contributed by atoms with Crippen molar-refractivity contribution in [3.05, 3.63) is 0 Å². The lowest BCUT2D eigenvalue weighted by atomic mass is 9.99. The number of ether oxygens (including phenoxy) is 3. The molecule has 11 heteroatoms. The maximum Gasteiger partial charge on any atom is 0.224 e. The molecule has 0 aromatic rings. The Hall–Kier alpha value is -0.440. The van der Waals surface area contributed by atoms with E-state index in [4.69, 9.17) is 24.4 Å². The van der Waals surface area contributed by atoms with Gasteiger partial charge in [-0.2, -0.15) is 0 Å². The van der Waals surface area contributed by atoms with E-state index in [0.29, 0.717) is 0 Å². The van der Waals surface area contributed by atoms with Crippen molar-refractivity contribution in [1.29, 1.82) is 0 Å². The van der Waals surface area contributed by atoms with E-state index in [9.17, 15) is 30.6 Å². The molecule has 0 saturated carbocycles. The molecule has 2 rings (SSSR count). The highest BCUT2D eigenvalue weighted by atomic mass is 16.8. The Morgan fingerprint density at radius 2 is 1.39 bits per heavy atom. The Balaban J connectivity index is 2.18. The van der Waals surface area contributed by atoms with Crippen LogP contribution in [0.4, 0.5) is 0 Å². The molecule has 0 aliphatic carbocycles. The average molecular weight is 342 g/mol. The molecule has 0 bridgehead atoms. The summed E-state index contributed by atoms with van der Waals surface area (Å²) in [7, 11) is 0. The van der Waals surface area contributed by atoms with Crippen molar-refractivity contribution in [2.45, 2.75) is 54.8 Å². The van der Waals surface area contributed by atoms with Crippen molar-refractivity contribution in [1.82, 2.24) is 0 Å². The lowest BCUT2D eigenvalue weighted by molar-refractivity contribution is -0.383. The maximum atomic E-state index is 10.00. The molecule has 2 heterocycles. The van der Waals surface area contributed by atoms with Gasteiger partial charge >= 0.3 is 0 Å². The predicted molar refractivity (Wildman–Crippen MR) is 68.6 cm³/mol. The molecule has 0 spiro atoms. The first kappa shape index (κ1) is 18.9. The summed E-state index contributed by atoms with van der Waals surface area (Å²) in [5, 5.41) is 76.7. The average Bonchev–Trinajstić information content (AvgIpc) is 2.80. The number of aliphatic hydroxyl groups is 8. The van der Waals surface area contributed by atoms with Gasteiger partial charge in [0, 0.05) is 0 Å². The van der Waals surface area contributed by atoms with Crippen molar-refractivity contribution in [2.24, 2.45) is 0 Å². The molecule has 2 aliphatic rings. The first-order valence-electron chi connectivity index (χ1n) is 7.05. The van der Waals surface area contributed by atoms with Crippen LogP contribution in [0, 0.1) is 0 Å². The molecule has 9 atom stereocenters. The van der Waals surface area contributed by atoms with E-state index in [1.807, 2.05) is 0 Å². The van der Waals surface area contributed by atoms with Gasteiger partial charge in [0.1, 0.15) is 49.3 Å². The van der Waals surface area contributed by atoms with Gasteiger partial charge in [0.15, 0.2) is 6.29 Å². The third-order valence-corrected chi connectivity index (χ3v) is 4.07. The minimum atomic E-state index is -2.22. The number of hydrogen-bond donors (Lipinski definition) is 8. The number of hydrogen-bond acceptors (Lipinski definition) is 11. The highest BCUT2D eigenvalue weighted by Gasteiger charge is 2.58. The van der Waals surface area contributed by atoms with Gasteiger partial charge in [-0.1, -0.05) is 0 Å². The zero-order valence-corrected chi connectivity index (χ0v) is 12.0. The lowest BCUT2D eigenvalue weighted by Crippen LogP contribution is -2.62. The fourth-order valence-corrected chi connectivity index (χ4v) is 2.63. The third-order valence-electron chi connectivity index (χ3n) is 4.07. The minimum absolute atomic E-state index is 0.669. The molecule has 0 aromatic carbocycles. The van der Waals surface area contributed by atoms with Crippen molar-refractivity contribution in [2.75, 3.05) is 19.8 Å². The molecule has 23 heavy (non-hydrogen) atoms. The molecule has 11 nitrogen and oxygen atoms in total. The second-order valence-corrected chi connectivity index (χ2v) is 5.56. The second kappa shape index (κ2) is 7.21. The molecule has 2 fully saturated rings. The van der Waals surface area contributed by atoms with Crippen molar-refractivity contribution in [3.63, 3.8) is 0 Å². The van der Waals surface area contributed by atoms with Crippen molar-refractivity contribution >= 4 is 0 Å². The Kier molecular flexibility index (Phi) is 5.92. The highest BCUT2D eigenvalue weighted by molar-refractivity contribution is 4.98.